The second-order valence-electron chi connectivity index (χ2n) is 4.44. The van der Waals surface area contributed by atoms with Gasteiger partial charge in [-0.05, 0) is 18.4 Å². The van der Waals surface area contributed by atoms with Crippen LogP contribution in [-0.2, 0) is 13.0 Å². The Kier molecular flexibility index (Phi) is 4.72. The van der Waals surface area contributed by atoms with Gasteiger partial charge in [-0.2, -0.15) is 0 Å². The molecule has 1 heterocycles. The first kappa shape index (κ1) is 13.3. The van der Waals surface area contributed by atoms with Crippen molar-refractivity contribution in [2.75, 3.05) is 11.9 Å². The summed E-state index contributed by atoms with van der Waals surface area (Å²) in [4.78, 5) is 16.1. The monoisotopic (exact) mass is 257 g/mol. The Morgan fingerprint density at radius 2 is 2.05 bits per heavy atom. The van der Waals surface area contributed by atoms with E-state index in [-0.39, 0.29) is 5.56 Å². The van der Waals surface area contributed by atoms with Gasteiger partial charge < -0.3 is 9.88 Å². The van der Waals surface area contributed by atoms with Crippen molar-refractivity contribution >= 4 is 5.82 Å². The van der Waals surface area contributed by atoms with Crippen molar-refractivity contribution in [2.24, 2.45) is 0 Å². The minimum atomic E-state index is -0.0441. The summed E-state index contributed by atoms with van der Waals surface area (Å²) in [6.45, 7) is 3.49. The van der Waals surface area contributed by atoms with Gasteiger partial charge in [0.2, 0.25) is 0 Å². The van der Waals surface area contributed by atoms with Gasteiger partial charge in [-0.25, -0.2) is 4.98 Å². The minimum absolute atomic E-state index is 0.0441. The molecule has 1 aromatic heterocycles. The molecule has 1 aromatic carbocycles. The van der Waals surface area contributed by atoms with Gasteiger partial charge in [0, 0.05) is 25.5 Å². The second-order valence-corrected chi connectivity index (χ2v) is 4.44. The summed E-state index contributed by atoms with van der Waals surface area (Å²) in [6.07, 6.45) is 5.22. The summed E-state index contributed by atoms with van der Waals surface area (Å²) in [7, 11) is 0. The van der Waals surface area contributed by atoms with Gasteiger partial charge in [0.05, 0.1) is 0 Å². The van der Waals surface area contributed by atoms with E-state index in [1.54, 1.807) is 17.0 Å². The maximum absolute atomic E-state index is 12.0. The van der Waals surface area contributed by atoms with E-state index in [1.807, 2.05) is 18.2 Å². The van der Waals surface area contributed by atoms with Crippen LogP contribution in [-0.4, -0.2) is 16.1 Å². The Morgan fingerprint density at radius 1 is 1.26 bits per heavy atom. The molecule has 0 aliphatic carbocycles. The third-order valence-corrected chi connectivity index (χ3v) is 2.93. The highest BCUT2D eigenvalue weighted by Gasteiger charge is 2.03. The number of anilines is 1. The van der Waals surface area contributed by atoms with Gasteiger partial charge >= 0.3 is 0 Å². The third kappa shape index (κ3) is 3.68. The molecule has 2 aromatic rings. The van der Waals surface area contributed by atoms with Crippen LogP contribution in [0.5, 0.6) is 0 Å². The first-order chi connectivity index (χ1) is 9.31. The molecule has 0 aliphatic rings. The number of hydrogen-bond acceptors (Lipinski definition) is 3. The predicted molar refractivity (Wildman–Crippen MR) is 77.4 cm³/mol. The van der Waals surface area contributed by atoms with Gasteiger partial charge in [-0.1, -0.05) is 37.3 Å². The van der Waals surface area contributed by atoms with Crippen LogP contribution in [0.1, 0.15) is 18.9 Å². The lowest BCUT2D eigenvalue weighted by molar-refractivity contribution is 0.649. The van der Waals surface area contributed by atoms with Crippen LogP contribution in [0.25, 0.3) is 0 Å². The molecule has 1 N–H and O–H groups in total. The molecule has 19 heavy (non-hydrogen) atoms. The van der Waals surface area contributed by atoms with Crippen LogP contribution in [0, 0.1) is 0 Å². The molecular formula is C15H19N3O. The van der Waals surface area contributed by atoms with Crippen molar-refractivity contribution in [1.29, 1.82) is 0 Å². The summed E-state index contributed by atoms with van der Waals surface area (Å²) < 4.78 is 1.69. The van der Waals surface area contributed by atoms with Crippen molar-refractivity contribution in [2.45, 2.75) is 26.3 Å². The SMILES string of the molecule is CCCn1ccnc(NCCc2ccccc2)c1=O. The van der Waals surface area contributed by atoms with Crippen LogP contribution >= 0.6 is 0 Å². The Bertz CT molecular complexity index is 563. The fourth-order valence-corrected chi connectivity index (χ4v) is 1.96. The smallest absolute Gasteiger partial charge is 0.293 e. The summed E-state index contributed by atoms with van der Waals surface area (Å²) in [5.41, 5.74) is 1.21. The van der Waals surface area contributed by atoms with Crippen LogP contribution < -0.4 is 10.9 Å². The molecule has 4 heteroatoms. The van der Waals surface area contributed by atoms with Crippen LogP contribution in [0.4, 0.5) is 5.82 Å². The zero-order chi connectivity index (χ0) is 13.5. The topological polar surface area (TPSA) is 46.9 Å². The highest BCUT2D eigenvalue weighted by molar-refractivity contribution is 5.31. The van der Waals surface area contributed by atoms with E-state index < -0.39 is 0 Å². The van der Waals surface area contributed by atoms with Gasteiger partial charge in [-0.3, -0.25) is 4.79 Å². The summed E-state index contributed by atoms with van der Waals surface area (Å²) in [5, 5.41) is 3.12. The summed E-state index contributed by atoms with van der Waals surface area (Å²) in [6, 6.07) is 10.2. The molecule has 0 saturated heterocycles. The first-order valence-electron chi connectivity index (χ1n) is 6.64. The summed E-state index contributed by atoms with van der Waals surface area (Å²) in [5.74, 6) is 0.437. The number of rotatable bonds is 6. The van der Waals surface area contributed by atoms with Crippen molar-refractivity contribution in [1.82, 2.24) is 9.55 Å². The van der Waals surface area contributed by atoms with Gasteiger partial charge in [0.25, 0.3) is 5.56 Å². The molecule has 0 aliphatic heterocycles. The molecule has 0 fully saturated rings. The molecule has 0 bridgehead atoms. The zero-order valence-corrected chi connectivity index (χ0v) is 11.2. The molecular weight excluding hydrogens is 238 g/mol. The van der Waals surface area contributed by atoms with E-state index in [0.717, 1.165) is 19.4 Å². The van der Waals surface area contributed by atoms with Crippen molar-refractivity contribution in [3.63, 3.8) is 0 Å². The van der Waals surface area contributed by atoms with E-state index in [1.165, 1.54) is 5.56 Å². The minimum Gasteiger partial charge on any atom is -0.365 e. The molecule has 0 saturated carbocycles. The molecule has 100 valence electrons. The number of aromatic nitrogens is 2. The lowest BCUT2D eigenvalue weighted by Gasteiger charge is -2.08. The largest absolute Gasteiger partial charge is 0.365 e. The highest BCUT2D eigenvalue weighted by Crippen LogP contribution is 2.00. The zero-order valence-electron chi connectivity index (χ0n) is 11.2. The van der Waals surface area contributed by atoms with E-state index >= 15 is 0 Å². The van der Waals surface area contributed by atoms with Gasteiger partial charge in [0.15, 0.2) is 5.82 Å². The first-order valence-corrected chi connectivity index (χ1v) is 6.64. The normalized spacial score (nSPS) is 10.4. The Labute approximate surface area is 113 Å². The lowest BCUT2D eigenvalue weighted by atomic mass is 10.1. The Balaban J connectivity index is 1.96. The lowest BCUT2D eigenvalue weighted by Crippen LogP contribution is -2.25. The average molecular weight is 257 g/mol. The average Bonchev–Trinajstić information content (AvgIpc) is 2.44. The standard InChI is InChI=1S/C15H19N3O/c1-2-11-18-12-10-17-14(15(18)19)16-9-8-13-6-4-3-5-7-13/h3-7,10,12H,2,8-9,11H2,1H3,(H,16,17). The maximum atomic E-state index is 12.0. The Morgan fingerprint density at radius 3 is 2.79 bits per heavy atom. The molecule has 0 amide bonds. The fraction of sp³-hybridized carbons (Fsp3) is 0.333. The van der Waals surface area contributed by atoms with Crippen LogP contribution in [0.3, 0.4) is 0 Å². The van der Waals surface area contributed by atoms with E-state index in [4.69, 9.17) is 0 Å². The number of hydrogen-bond donors (Lipinski definition) is 1. The van der Waals surface area contributed by atoms with Crippen molar-refractivity contribution in [3.05, 3.63) is 58.6 Å². The summed E-state index contributed by atoms with van der Waals surface area (Å²) >= 11 is 0. The second kappa shape index (κ2) is 6.73. The van der Waals surface area contributed by atoms with E-state index in [2.05, 4.69) is 29.4 Å². The molecule has 0 atom stereocenters. The van der Waals surface area contributed by atoms with Crippen LogP contribution in [0.15, 0.2) is 47.5 Å². The Hall–Kier alpha value is -2.10. The van der Waals surface area contributed by atoms with Crippen molar-refractivity contribution < 1.29 is 0 Å². The quantitative estimate of drug-likeness (QED) is 0.863. The van der Waals surface area contributed by atoms with Crippen molar-refractivity contribution in [3.8, 4) is 0 Å². The van der Waals surface area contributed by atoms with E-state index in [9.17, 15) is 4.79 Å². The molecule has 0 radical (unpaired) electrons. The fourth-order valence-electron chi connectivity index (χ4n) is 1.96. The molecule has 2 rings (SSSR count). The number of nitrogens with zero attached hydrogens (tertiary/aromatic N) is 2. The number of benzene rings is 1. The third-order valence-electron chi connectivity index (χ3n) is 2.93. The number of nitrogens with one attached hydrogen (secondary N) is 1. The van der Waals surface area contributed by atoms with Gasteiger partial charge in [-0.15, -0.1) is 0 Å². The molecule has 0 unspecified atom stereocenters. The number of aryl methyl sites for hydroxylation is 1. The van der Waals surface area contributed by atoms with E-state index in [0.29, 0.717) is 12.4 Å². The maximum Gasteiger partial charge on any atom is 0.293 e. The van der Waals surface area contributed by atoms with Crippen LogP contribution in [0.2, 0.25) is 0 Å². The van der Waals surface area contributed by atoms with Gasteiger partial charge in [0.1, 0.15) is 0 Å². The molecule has 0 spiro atoms. The molecule has 4 nitrogen and oxygen atoms in total. The predicted octanol–water partition coefficient (Wildman–Crippen LogP) is 2.31. The highest BCUT2D eigenvalue weighted by atomic mass is 16.1.